The Morgan fingerprint density at radius 2 is 2.06 bits per heavy atom. The van der Waals surface area contributed by atoms with Gasteiger partial charge in [0.15, 0.2) is 5.84 Å². The minimum absolute atomic E-state index is 0.0235. The molecular weight excluding hydrogens is 222 g/mol. The first kappa shape index (κ1) is 12.8. The van der Waals surface area contributed by atoms with Crippen LogP contribution >= 0.6 is 0 Å². The molecule has 0 aliphatic carbocycles. The summed E-state index contributed by atoms with van der Waals surface area (Å²) in [5, 5.41) is 11.4. The molecule has 0 saturated heterocycles. The fourth-order valence-corrected chi connectivity index (χ4v) is 1.24. The van der Waals surface area contributed by atoms with Crippen LogP contribution in [0, 0.1) is 0 Å². The van der Waals surface area contributed by atoms with E-state index in [1.165, 1.54) is 4.90 Å². The van der Waals surface area contributed by atoms with Gasteiger partial charge in [-0.3, -0.25) is 4.90 Å². The summed E-state index contributed by atoms with van der Waals surface area (Å²) in [6.07, 6.45) is -0.427. The van der Waals surface area contributed by atoms with Crippen LogP contribution in [0.15, 0.2) is 29.4 Å². The third kappa shape index (κ3) is 3.10. The molecule has 0 atom stereocenters. The molecular formula is C11H15N3O3. The summed E-state index contributed by atoms with van der Waals surface area (Å²) >= 11 is 0. The fourth-order valence-electron chi connectivity index (χ4n) is 1.24. The minimum Gasteiger partial charge on any atom is -0.449 e. The zero-order valence-corrected chi connectivity index (χ0v) is 9.75. The van der Waals surface area contributed by atoms with Crippen molar-refractivity contribution in [2.24, 2.45) is 10.9 Å². The predicted molar refractivity (Wildman–Crippen MR) is 64.4 cm³/mol. The van der Waals surface area contributed by atoms with E-state index in [2.05, 4.69) is 5.16 Å². The Balaban J connectivity index is 2.84. The number of nitrogens with zero attached hydrogens (tertiary/aromatic N) is 2. The van der Waals surface area contributed by atoms with Crippen LogP contribution in [-0.2, 0) is 4.74 Å². The number of ether oxygens (including phenoxy) is 1. The molecule has 0 aliphatic rings. The van der Waals surface area contributed by atoms with Gasteiger partial charge in [-0.05, 0) is 31.2 Å². The lowest BCUT2D eigenvalue weighted by atomic mass is 10.2. The molecule has 1 rings (SSSR count). The first-order chi connectivity index (χ1) is 8.10. The summed E-state index contributed by atoms with van der Waals surface area (Å²) in [6, 6.07) is 6.68. The molecule has 1 amide bonds. The number of anilines is 1. The lowest BCUT2D eigenvalue weighted by molar-refractivity contribution is 0.161. The monoisotopic (exact) mass is 237 g/mol. The van der Waals surface area contributed by atoms with E-state index in [0.717, 1.165) is 0 Å². The Morgan fingerprint density at radius 3 is 2.53 bits per heavy atom. The molecule has 17 heavy (non-hydrogen) atoms. The van der Waals surface area contributed by atoms with E-state index in [9.17, 15) is 4.79 Å². The zero-order valence-electron chi connectivity index (χ0n) is 9.75. The lowest BCUT2D eigenvalue weighted by Crippen LogP contribution is -2.27. The summed E-state index contributed by atoms with van der Waals surface area (Å²) in [5.74, 6) is 0.0235. The Kier molecular flexibility index (Phi) is 4.33. The van der Waals surface area contributed by atoms with Crippen LogP contribution in [0.2, 0.25) is 0 Å². The summed E-state index contributed by atoms with van der Waals surface area (Å²) < 4.78 is 4.86. The Morgan fingerprint density at radius 1 is 1.47 bits per heavy atom. The number of carbonyl (C=O) groups is 1. The van der Waals surface area contributed by atoms with Gasteiger partial charge in [0.05, 0.1) is 6.61 Å². The van der Waals surface area contributed by atoms with E-state index in [1.54, 1.807) is 38.2 Å². The Labute approximate surface area is 99.3 Å². The second-order valence-electron chi connectivity index (χ2n) is 3.29. The van der Waals surface area contributed by atoms with Crippen molar-refractivity contribution in [2.75, 3.05) is 18.6 Å². The van der Waals surface area contributed by atoms with E-state index < -0.39 is 6.09 Å². The van der Waals surface area contributed by atoms with Gasteiger partial charge in [-0.2, -0.15) is 0 Å². The maximum Gasteiger partial charge on any atom is 0.413 e. The van der Waals surface area contributed by atoms with Crippen molar-refractivity contribution in [1.82, 2.24) is 0 Å². The van der Waals surface area contributed by atoms with Crippen molar-refractivity contribution in [3.8, 4) is 0 Å². The normalized spacial score (nSPS) is 11.1. The highest BCUT2D eigenvalue weighted by molar-refractivity contribution is 5.97. The van der Waals surface area contributed by atoms with E-state index >= 15 is 0 Å². The predicted octanol–water partition coefficient (Wildman–Crippen LogP) is 1.37. The molecule has 1 aromatic rings. The number of hydrogen-bond donors (Lipinski definition) is 2. The van der Waals surface area contributed by atoms with Crippen LogP contribution in [0.3, 0.4) is 0 Å². The third-order valence-corrected chi connectivity index (χ3v) is 2.20. The molecule has 0 fully saturated rings. The van der Waals surface area contributed by atoms with Crippen molar-refractivity contribution >= 4 is 17.6 Å². The summed E-state index contributed by atoms with van der Waals surface area (Å²) in [6.45, 7) is 2.07. The summed E-state index contributed by atoms with van der Waals surface area (Å²) in [7, 11) is 1.61. The Bertz CT molecular complexity index is 414. The highest BCUT2D eigenvalue weighted by Gasteiger charge is 2.11. The van der Waals surface area contributed by atoms with E-state index in [-0.39, 0.29) is 5.84 Å². The van der Waals surface area contributed by atoms with Crippen molar-refractivity contribution in [2.45, 2.75) is 6.92 Å². The molecule has 0 heterocycles. The third-order valence-electron chi connectivity index (χ3n) is 2.20. The van der Waals surface area contributed by atoms with E-state index in [4.69, 9.17) is 15.7 Å². The first-order valence-corrected chi connectivity index (χ1v) is 5.08. The van der Waals surface area contributed by atoms with Crippen molar-refractivity contribution in [1.29, 1.82) is 0 Å². The molecule has 0 aromatic heterocycles. The molecule has 3 N–H and O–H groups in total. The van der Waals surface area contributed by atoms with Gasteiger partial charge in [0, 0.05) is 18.3 Å². The number of amides is 1. The van der Waals surface area contributed by atoms with E-state index in [1.807, 2.05) is 0 Å². The molecule has 0 aliphatic heterocycles. The van der Waals surface area contributed by atoms with Crippen molar-refractivity contribution in [3.63, 3.8) is 0 Å². The molecule has 0 saturated carbocycles. The largest absolute Gasteiger partial charge is 0.449 e. The van der Waals surface area contributed by atoms with Gasteiger partial charge in [-0.1, -0.05) is 5.16 Å². The molecule has 0 unspecified atom stereocenters. The van der Waals surface area contributed by atoms with Crippen LogP contribution in [0.5, 0.6) is 0 Å². The van der Waals surface area contributed by atoms with Crippen molar-refractivity contribution in [3.05, 3.63) is 29.8 Å². The number of hydrogen-bond acceptors (Lipinski definition) is 4. The van der Waals surface area contributed by atoms with Gasteiger partial charge in [0.2, 0.25) is 0 Å². The van der Waals surface area contributed by atoms with Gasteiger partial charge in [0.1, 0.15) is 0 Å². The topological polar surface area (TPSA) is 88.2 Å². The molecule has 0 radical (unpaired) electrons. The molecule has 0 spiro atoms. The van der Waals surface area contributed by atoms with Gasteiger partial charge in [-0.15, -0.1) is 0 Å². The lowest BCUT2D eigenvalue weighted by Gasteiger charge is -2.16. The van der Waals surface area contributed by atoms with Crippen LogP contribution in [-0.4, -0.2) is 30.8 Å². The number of rotatable bonds is 3. The second-order valence-corrected chi connectivity index (χ2v) is 3.29. The second kappa shape index (κ2) is 5.74. The van der Waals surface area contributed by atoms with Crippen molar-refractivity contribution < 1.29 is 14.7 Å². The van der Waals surface area contributed by atoms with Gasteiger partial charge in [-0.25, -0.2) is 4.79 Å². The van der Waals surface area contributed by atoms with E-state index in [0.29, 0.717) is 17.9 Å². The first-order valence-electron chi connectivity index (χ1n) is 5.08. The molecule has 92 valence electrons. The molecule has 6 heteroatoms. The molecule has 6 nitrogen and oxygen atoms in total. The van der Waals surface area contributed by atoms with Crippen LogP contribution in [0.25, 0.3) is 0 Å². The number of benzene rings is 1. The molecule has 0 bridgehead atoms. The average molecular weight is 237 g/mol. The fraction of sp³-hybridized carbons (Fsp3) is 0.273. The summed E-state index contributed by atoms with van der Waals surface area (Å²) in [5.41, 5.74) is 6.66. The maximum atomic E-state index is 11.4. The Hall–Kier alpha value is -2.24. The van der Waals surface area contributed by atoms with Gasteiger partial charge in [0.25, 0.3) is 0 Å². The average Bonchev–Trinajstić information content (AvgIpc) is 2.37. The number of amidine groups is 1. The zero-order chi connectivity index (χ0) is 12.8. The molecule has 1 aromatic carbocycles. The quantitative estimate of drug-likeness (QED) is 0.359. The number of oxime groups is 1. The number of nitrogens with two attached hydrogens (primary N) is 1. The van der Waals surface area contributed by atoms with Crippen LogP contribution < -0.4 is 10.6 Å². The standard InChI is InChI=1S/C11H15N3O3/c1-3-17-11(15)14(2)9-6-4-8(5-7-9)10(12)13-16/h4-7,16H,3H2,1-2H3,(H2,12,13). The summed E-state index contributed by atoms with van der Waals surface area (Å²) in [4.78, 5) is 12.8. The smallest absolute Gasteiger partial charge is 0.413 e. The minimum atomic E-state index is -0.427. The van der Waals surface area contributed by atoms with Gasteiger partial charge >= 0.3 is 6.09 Å². The van der Waals surface area contributed by atoms with Crippen LogP contribution in [0.4, 0.5) is 10.5 Å². The van der Waals surface area contributed by atoms with Crippen LogP contribution in [0.1, 0.15) is 12.5 Å². The maximum absolute atomic E-state index is 11.4. The SMILES string of the molecule is CCOC(=O)N(C)c1ccc(C(N)=NO)cc1. The highest BCUT2D eigenvalue weighted by Crippen LogP contribution is 2.14. The number of carbonyl (C=O) groups excluding carboxylic acids is 1. The highest BCUT2D eigenvalue weighted by atomic mass is 16.6. The van der Waals surface area contributed by atoms with Gasteiger partial charge < -0.3 is 15.7 Å².